The van der Waals surface area contributed by atoms with Crippen molar-refractivity contribution in [3.63, 3.8) is 0 Å². The van der Waals surface area contributed by atoms with Gasteiger partial charge < -0.3 is 14.0 Å². The van der Waals surface area contributed by atoms with E-state index >= 15 is 0 Å². The van der Waals surface area contributed by atoms with Crippen molar-refractivity contribution in [1.82, 2.24) is 10.1 Å². The number of hydrogen-bond donors (Lipinski definition) is 0. The number of carbonyl (C=O) groups is 2. The van der Waals surface area contributed by atoms with E-state index in [0.717, 1.165) is 18.2 Å². The molecule has 3 aromatic rings. The van der Waals surface area contributed by atoms with E-state index in [9.17, 15) is 18.4 Å². The Morgan fingerprint density at radius 2 is 1.59 bits per heavy atom. The van der Waals surface area contributed by atoms with Crippen molar-refractivity contribution in [3.05, 3.63) is 71.1 Å². The van der Waals surface area contributed by atoms with Crippen LogP contribution in [0, 0.1) is 11.6 Å². The summed E-state index contributed by atoms with van der Waals surface area (Å²) in [6.45, 7) is 0. The van der Waals surface area contributed by atoms with Gasteiger partial charge in [-0.05, 0) is 62.8 Å². The van der Waals surface area contributed by atoms with Crippen LogP contribution in [0.15, 0.2) is 47.0 Å². The molecule has 3 saturated carbocycles. The van der Waals surface area contributed by atoms with Gasteiger partial charge in [0.1, 0.15) is 17.2 Å². The van der Waals surface area contributed by atoms with Gasteiger partial charge in [0.15, 0.2) is 0 Å². The summed E-state index contributed by atoms with van der Waals surface area (Å²) in [5.41, 5.74) is -0.0786. The van der Waals surface area contributed by atoms with Crippen molar-refractivity contribution in [1.29, 1.82) is 0 Å². The predicted octanol–water partition coefficient (Wildman–Crippen LogP) is 5.00. The first-order valence-electron chi connectivity index (χ1n) is 11.0. The van der Waals surface area contributed by atoms with Crippen LogP contribution >= 0.6 is 0 Å². The maximum Gasteiger partial charge on any atom is 0.338 e. The number of benzene rings is 2. The van der Waals surface area contributed by atoms with Gasteiger partial charge in [0.05, 0.1) is 23.7 Å². The first-order chi connectivity index (χ1) is 16.3. The smallest absolute Gasteiger partial charge is 0.338 e. The van der Waals surface area contributed by atoms with E-state index in [0.29, 0.717) is 61.4 Å². The second kappa shape index (κ2) is 8.30. The van der Waals surface area contributed by atoms with Crippen LogP contribution < -0.4 is 0 Å². The molecule has 9 heteroatoms. The van der Waals surface area contributed by atoms with Gasteiger partial charge in [-0.2, -0.15) is 4.98 Å². The molecule has 0 N–H and O–H groups in total. The molecule has 7 nitrogen and oxygen atoms in total. The van der Waals surface area contributed by atoms with Crippen molar-refractivity contribution in [2.24, 2.45) is 0 Å². The number of carbonyl (C=O) groups excluding carboxylic acids is 2. The minimum absolute atomic E-state index is 0.134. The molecule has 1 heterocycles. The van der Waals surface area contributed by atoms with Gasteiger partial charge in [-0.15, -0.1) is 0 Å². The number of aromatic nitrogens is 2. The lowest BCUT2D eigenvalue weighted by atomic mass is 9.58. The number of fused-ring (bicyclic) bond motifs is 3. The average molecular weight is 468 g/mol. The van der Waals surface area contributed by atoms with Crippen molar-refractivity contribution < 1.29 is 32.4 Å². The van der Waals surface area contributed by atoms with Gasteiger partial charge in [0.25, 0.3) is 0 Å². The van der Waals surface area contributed by atoms with Crippen LogP contribution in [0.4, 0.5) is 8.78 Å². The summed E-state index contributed by atoms with van der Waals surface area (Å²) in [5.74, 6) is -1.90. The standard InChI is InChI=1S/C25H22F2N2O5/c1-32-21(30)16-4-2-3-15(11-16)20-28-23(34-29-20)24-5-8-25(9-6-24,10-7-24)33-22(31)17-12-18(26)14-19(27)13-17/h2-4,11-14H,5-10H2,1H3. The Labute approximate surface area is 194 Å². The lowest BCUT2D eigenvalue weighted by Crippen LogP contribution is -2.50. The largest absolute Gasteiger partial charge is 0.465 e. The molecule has 2 bridgehead atoms. The minimum Gasteiger partial charge on any atom is -0.465 e. The number of hydrogen-bond acceptors (Lipinski definition) is 7. The number of esters is 2. The van der Waals surface area contributed by atoms with Crippen molar-refractivity contribution >= 4 is 11.9 Å². The SMILES string of the molecule is COC(=O)c1cccc(-c2noc(C34CCC(OC(=O)c5cc(F)cc(F)c5)(CC3)CC4)n2)c1. The Morgan fingerprint density at radius 3 is 2.24 bits per heavy atom. The second-order valence-corrected chi connectivity index (χ2v) is 9.01. The third-order valence-electron chi connectivity index (χ3n) is 7.01. The molecule has 0 amide bonds. The van der Waals surface area contributed by atoms with Crippen LogP contribution in [0.2, 0.25) is 0 Å². The van der Waals surface area contributed by atoms with E-state index < -0.39 is 29.2 Å². The monoisotopic (exact) mass is 468 g/mol. The molecule has 0 unspecified atom stereocenters. The maximum absolute atomic E-state index is 13.5. The van der Waals surface area contributed by atoms with E-state index in [4.69, 9.17) is 14.0 Å². The normalized spacial score (nSPS) is 23.5. The van der Waals surface area contributed by atoms with Crippen LogP contribution in [-0.4, -0.2) is 34.8 Å². The van der Waals surface area contributed by atoms with E-state index in [1.54, 1.807) is 24.3 Å². The highest BCUT2D eigenvalue weighted by atomic mass is 19.1. The molecule has 0 saturated heterocycles. The van der Waals surface area contributed by atoms with Gasteiger partial charge in [-0.25, -0.2) is 18.4 Å². The van der Waals surface area contributed by atoms with Crippen LogP contribution in [0.1, 0.15) is 65.1 Å². The van der Waals surface area contributed by atoms with Gasteiger partial charge >= 0.3 is 11.9 Å². The van der Waals surface area contributed by atoms with Crippen LogP contribution in [0.3, 0.4) is 0 Å². The molecule has 3 aliphatic rings. The van der Waals surface area contributed by atoms with Gasteiger partial charge in [-0.3, -0.25) is 0 Å². The first-order valence-corrected chi connectivity index (χ1v) is 11.0. The molecule has 176 valence electrons. The van der Waals surface area contributed by atoms with Crippen LogP contribution in [-0.2, 0) is 14.9 Å². The summed E-state index contributed by atoms with van der Waals surface area (Å²) in [7, 11) is 1.32. The molecular formula is C25H22F2N2O5. The summed E-state index contributed by atoms with van der Waals surface area (Å²) in [5, 5.41) is 4.13. The molecule has 2 aromatic carbocycles. The lowest BCUT2D eigenvalue weighted by Gasteiger charge is -2.50. The summed E-state index contributed by atoms with van der Waals surface area (Å²) in [4.78, 5) is 29.0. The number of methoxy groups -OCH3 is 1. The molecule has 0 spiro atoms. The molecular weight excluding hydrogens is 446 g/mol. The van der Waals surface area contributed by atoms with Crippen LogP contribution in [0.5, 0.6) is 0 Å². The second-order valence-electron chi connectivity index (χ2n) is 9.01. The van der Waals surface area contributed by atoms with Gasteiger partial charge in [0, 0.05) is 11.6 Å². The first kappa shape index (κ1) is 22.2. The minimum atomic E-state index is -0.819. The molecule has 0 radical (unpaired) electrons. The average Bonchev–Trinajstić information content (AvgIpc) is 3.35. The zero-order chi connectivity index (χ0) is 23.9. The Bertz CT molecular complexity index is 1230. The van der Waals surface area contributed by atoms with E-state index in [1.807, 2.05) is 0 Å². The van der Waals surface area contributed by atoms with E-state index in [2.05, 4.69) is 10.1 Å². The summed E-state index contributed by atoms with van der Waals surface area (Å²) >= 11 is 0. The zero-order valence-electron chi connectivity index (χ0n) is 18.5. The molecule has 34 heavy (non-hydrogen) atoms. The Balaban J connectivity index is 1.30. The Hall–Kier alpha value is -3.62. The summed E-state index contributed by atoms with van der Waals surface area (Å²) in [6, 6.07) is 9.50. The number of nitrogens with zero attached hydrogens (tertiary/aromatic N) is 2. The van der Waals surface area contributed by atoms with Gasteiger partial charge in [-0.1, -0.05) is 17.3 Å². The fourth-order valence-electron chi connectivity index (χ4n) is 5.01. The van der Waals surface area contributed by atoms with Crippen molar-refractivity contribution in [2.45, 2.75) is 49.5 Å². The van der Waals surface area contributed by atoms with E-state index in [-0.39, 0.29) is 11.0 Å². The maximum atomic E-state index is 13.5. The van der Waals surface area contributed by atoms with E-state index in [1.165, 1.54) is 7.11 Å². The molecule has 3 aliphatic carbocycles. The Morgan fingerprint density at radius 1 is 0.912 bits per heavy atom. The molecule has 0 aliphatic heterocycles. The fraction of sp³-hybridized carbons (Fsp3) is 0.360. The van der Waals surface area contributed by atoms with Crippen LogP contribution in [0.25, 0.3) is 11.4 Å². The predicted molar refractivity (Wildman–Crippen MR) is 115 cm³/mol. The quantitative estimate of drug-likeness (QED) is 0.487. The zero-order valence-corrected chi connectivity index (χ0v) is 18.5. The fourth-order valence-corrected chi connectivity index (χ4v) is 5.01. The summed E-state index contributed by atoms with van der Waals surface area (Å²) < 4.78 is 43.2. The lowest BCUT2D eigenvalue weighted by molar-refractivity contribution is -0.0886. The summed E-state index contributed by atoms with van der Waals surface area (Å²) in [6.07, 6.45) is 3.81. The van der Waals surface area contributed by atoms with Gasteiger partial charge in [0.2, 0.25) is 11.7 Å². The number of ether oxygens (including phenoxy) is 2. The molecule has 0 atom stereocenters. The topological polar surface area (TPSA) is 91.5 Å². The molecule has 6 rings (SSSR count). The molecule has 1 aromatic heterocycles. The third kappa shape index (κ3) is 3.95. The van der Waals surface area contributed by atoms with Crippen molar-refractivity contribution in [2.75, 3.05) is 7.11 Å². The molecule has 3 fully saturated rings. The number of rotatable bonds is 5. The highest BCUT2D eigenvalue weighted by Gasteiger charge is 2.54. The third-order valence-corrected chi connectivity index (χ3v) is 7.01. The highest BCUT2D eigenvalue weighted by Crippen LogP contribution is 2.55. The highest BCUT2D eigenvalue weighted by molar-refractivity contribution is 5.90. The van der Waals surface area contributed by atoms with Crippen molar-refractivity contribution in [3.8, 4) is 11.4 Å². The Kier molecular flexibility index (Phi) is 5.42. The number of halogens is 2.